The van der Waals surface area contributed by atoms with Crippen molar-refractivity contribution in [3.63, 3.8) is 0 Å². The molecule has 0 aliphatic carbocycles. The molecule has 1 aromatic heterocycles. The maximum absolute atomic E-state index is 14.8. The van der Waals surface area contributed by atoms with Crippen LogP contribution >= 0.6 is 0 Å². The number of aliphatic hydroxyl groups is 1. The fourth-order valence-electron chi connectivity index (χ4n) is 3.12. The highest BCUT2D eigenvalue weighted by Gasteiger charge is 2.31. The fraction of sp³-hybridized carbons (Fsp3) is 0.360. The zero-order valence-corrected chi connectivity index (χ0v) is 19.9. The van der Waals surface area contributed by atoms with Gasteiger partial charge in [-0.25, -0.2) is 4.39 Å². The van der Waals surface area contributed by atoms with Crippen LogP contribution in [0.25, 0.3) is 11.3 Å². The minimum Gasteiger partial charge on any atom is -0.379 e. The highest BCUT2D eigenvalue weighted by atomic mass is 19.1. The van der Waals surface area contributed by atoms with Crippen molar-refractivity contribution in [3.05, 3.63) is 72.4 Å². The van der Waals surface area contributed by atoms with Crippen LogP contribution in [0.3, 0.4) is 0 Å². The Morgan fingerprint density at radius 1 is 1.36 bits per heavy atom. The van der Waals surface area contributed by atoms with Crippen molar-refractivity contribution in [1.29, 1.82) is 0 Å². The molecule has 0 saturated heterocycles. The van der Waals surface area contributed by atoms with Gasteiger partial charge >= 0.3 is 0 Å². The van der Waals surface area contributed by atoms with Crippen LogP contribution < -0.4 is 16.0 Å². The molecule has 0 fully saturated rings. The second-order valence-corrected chi connectivity index (χ2v) is 7.60. The molecule has 0 bridgehead atoms. The summed E-state index contributed by atoms with van der Waals surface area (Å²) in [7, 11) is 0. The zero-order chi connectivity index (χ0) is 24.4. The maximum Gasteiger partial charge on any atom is 0.175 e. The number of nitrogens with one attached hydrogen (secondary N) is 3. The Hall–Kier alpha value is -3.32. The topological polar surface area (TPSA) is 94.5 Å². The van der Waals surface area contributed by atoms with E-state index in [-0.39, 0.29) is 2.85 Å². The van der Waals surface area contributed by atoms with Crippen LogP contribution in [0.15, 0.2) is 71.6 Å². The van der Waals surface area contributed by atoms with E-state index in [1.165, 1.54) is 6.07 Å². The van der Waals surface area contributed by atoms with E-state index in [9.17, 15) is 9.50 Å². The maximum atomic E-state index is 14.8. The van der Waals surface area contributed by atoms with Crippen LogP contribution in [0.1, 0.15) is 43.9 Å². The second-order valence-electron chi connectivity index (χ2n) is 7.60. The van der Waals surface area contributed by atoms with Crippen molar-refractivity contribution in [1.82, 2.24) is 20.6 Å². The van der Waals surface area contributed by atoms with Crippen LogP contribution in [0.2, 0.25) is 0 Å². The van der Waals surface area contributed by atoms with Gasteiger partial charge in [0, 0.05) is 32.7 Å². The minimum atomic E-state index is -0.674. The van der Waals surface area contributed by atoms with Crippen LogP contribution in [0.4, 0.5) is 10.1 Å². The van der Waals surface area contributed by atoms with Gasteiger partial charge in [0.15, 0.2) is 6.29 Å². The summed E-state index contributed by atoms with van der Waals surface area (Å²) in [6.45, 7) is 13.6. The molecule has 4 N–H and O–H groups in total. The zero-order valence-electron chi connectivity index (χ0n) is 19.9. The summed E-state index contributed by atoms with van der Waals surface area (Å²) in [5.41, 5.74) is 5.22. The first kappa shape index (κ1) is 25.9. The van der Waals surface area contributed by atoms with Crippen LogP contribution in [0, 0.1) is 11.2 Å². The molecule has 1 aliphatic rings. The highest BCUT2D eigenvalue weighted by Crippen LogP contribution is 2.35. The largest absolute Gasteiger partial charge is 0.379 e. The molecule has 180 valence electrons. The molecule has 1 aromatic carbocycles. The van der Waals surface area contributed by atoms with E-state index in [1.54, 1.807) is 36.9 Å². The molecule has 1 aliphatic heterocycles. The Morgan fingerprint density at radius 2 is 2.12 bits per heavy atom. The highest BCUT2D eigenvalue weighted by molar-refractivity contribution is 5.74. The Labute approximate surface area is 198 Å². The van der Waals surface area contributed by atoms with Gasteiger partial charge < -0.3 is 15.7 Å². The lowest BCUT2D eigenvalue weighted by atomic mass is 9.84. The molecular weight excluding hydrogens is 419 g/mol. The molecule has 7 nitrogen and oxygen atoms in total. The molecule has 0 amide bonds. The van der Waals surface area contributed by atoms with Gasteiger partial charge in [-0.2, -0.15) is 0 Å². The van der Waals surface area contributed by atoms with Crippen molar-refractivity contribution < 1.29 is 12.4 Å². The normalized spacial score (nSPS) is 15.8. The van der Waals surface area contributed by atoms with E-state index < -0.39 is 23.7 Å². The number of anilines is 1. The number of nitrogens with zero attached hydrogens (tertiary/aromatic N) is 3. The number of hydrogen-bond acceptors (Lipinski definition) is 7. The lowest BCUT2D eigenvalue weighted by molar-refractivity contribution is 0.113. The van der Waals surface area contributed by atoms with Crippen molar-refractivity contribution >= 4 is 11.9 Å². The van der Waals surface area contributed by atoms with Crippen molar-refractivity contribution in [2.75, 3.05) is 5.32 Å². The van der Waals surface area contributed by atoms with Crippen molar-refractivity contribution in [2.45, 2.75) is 53.6 Å². The summed E-state index contributed by atoms with van der Waals surface area (Å²) < 4.78 is 14.8. The average molecular weight is 457 g/mol. The van der Waals surface area contributed by atoms with E-state index in [1.807, 2.05) is 40.7 Å². The van der Waals surface area contributed by atoms with E-state index in [4.69, 9.17) is 0 Å². The molecule has 0 saturated carbocycles. The van der Waals surface area contributed by atoms with Gasteiger partial charge in [0.05, 0.1) is 28.7 Å². The summed E-state index contributed by atoms with van der Waals surface area (Å²) in [5.74, 6) is -0.426. The number of aliphatic imine (C=N–C) groups is 1. The number of rotatable bonds is 8. The Morgan fingerprint density at radius 3 is 2.73 bits per heavy atom. The third-order valence-corrected chi connectivity index (χ3v) is 5.07. The summed E-state index contributed by atoms with van der Waals surface area (Å²) in [6, 6.07) is 4.84. The predicted octanol–water partition coefficient (Wildman–Crippen LogP) is 5.07. The predicted molar refractivity (Wildman–Crippen MR) is 136 cm³/mol. The molecule has 0 spiro atoms. The van der Waals surface area contributed by atoms with Crippen molar-refractivity contribution in [3.8, 4) is 11.3 Å². The van der Waals surface area contributed by atoms with E-state index >= 15 is 0 Å². The smallest absolute Gasteiger partial charge is 0.175 e. The van der Waals surface area contributed by atoms with Crippen LogP contribution in [0.5, 0.6) is 0 Å². The molecule has 2 aromatic rings. The van der Waals surface area contributed by atoms with Gasteiger partial charge in [-0.3, -0.25) is 20.3 Å². The number of benzene rings is 1. The standard InChI is InChI=1S/C23H27FN6O.C2H6.2H2/c1-5-19(23(3,4)20-9-10-27-22(29-20)30-21(31)6-2)28-17-8-7-15(13-16(17)24)18-14-25-11-12-26-18;1-2;;/h7-14,21-22,28-31H,1,6H2,2-4H3;1-2H3;2*1H. The lowest BCUT2D eigenvalue weighted by Gasteiger charge is -2.35. The Bertz CT molecular complexity index is 1040. The third-order valence-electron chi connectivity index (χ3n) is 5.07. The monoisotopic (exact) mass is 456 g/mol. The second kappa shape index (κ2) is 12.1. The van der Waals surface area contributed by atoms with E-state index in [0.717, 1.165) is 5.70 Å². The van der Waals surface area contributed by atoms with Crippen LogP contribution in [-0.2, 0) is 0 Å². The van der Waals surface area contributed by atoms with Gasteiger partial charge in [-0.1, -0.05) is 33.4 Å². The number of aromatic nitrogens is 2. The van der Waals surface area contributed by atoms with E-state index in [0.29, 0.717) is 29.1 Å². The third kappa shape index (κ3) is 6.58. The van der Waals surface area contributed by atoms with Crippen molar-refractivity contribution in [2.24, 2.45) is 10.4 Å². The summed E-state index contributed by atoms with van der Waals surface area (Å²) >= 11 is 0. The molecule has 0 radical (unpaired) electrons. The van der Waals surface area contributed by atoms with Gasteiger partial charge in [0.2, 0.25) is 0 Å². The Kier molecular flexibility index (Phi) is 9.48. The molecule has 2 unspecified atom stereocenters. The van der Waals surface area contributed by atoms with Crippen LogP contribution in [-0.4, -0.2) is 33.8 Å². The lowest BCUT2D eigenvalue weighted by Crippen LogP contribution is -2.49. The summed E-state index contributed by atoms with van der Waals surface area (Å²) in [5, 5.41) is 19.2. The molecule has 3 rings (SSSR count). The van der Waals surface area contributed by atoms with E-state index in [2.05, 4.69) is 43.2 Å². The first-order valence-corrected chi connectivity index (χ1v) is 11.0. The number of allylic oxidation sites excluding steroid dienone is 1. The molecule has 33 heavy (non-hydrogen) atoms. The fourth-order valence-corrected chi connectivity index (χ4v) is 3.12. The number of aliphatic hydroxyl groups excluding tert-OH is 1. The quantitative estimate of drug-likeness (QED) is 0.327. The molecule has 2 heterocycles. The van der Waals surface area contributed by atoms with Gasteiger partial charge in [0.1, 0.15) is 12.0 Å². The molecule has 2 atom stereocenters. The molecule has 8 heteroatoms. The SMILES string of the molecule is C=C=C(Nc1ccc(-c2cnccn2)cc1F)C(C)(C)C1=CC=NC(NC(O)CC)N1.CC.[HH].[HH]. The molecular formula is C25H37FN6O. The summed E-state index contributed by atoms with van der Waals surface area (Å²) in [4.78, 5) is 12.5. The summed E-state index contributed by atoms with van der Waals surface area (Å²) in [6.07, 6.45) is 7.64. The first-order valence-electron chi connectivity index (χ1n) is 11.0. The Balaban J connectivity index is 0.00000282. The minimum absolute atomic E-state index is 0. The first-order chi connectivity index (χ1) is 15.8. The van der Waals surface area contributed by atoms with Gasteiger partial charge in [0.25, 0.3) is 0 Å². The average Bonchev–Trinajstić information content (AvgIpc) is 2.85. The number of hydrogen-bond donors (Lipinski definition) is 4. The van der Waals surface area contributed by atoms with Gasteiger partial charge in [-0.15, -0.1) is 5.73 Å². The number of halogens is 1. The van der Waals surface area contributed by atoms with Gasteiger partial charge in [-0.05, 0) is 38.5 Å².